The molecule has 0 saturated carbocycles. The number of allylic oxidation sites excluding steroid dienone is 1. The Bertz CT molecular complexity index is 1630. The molecule has 10 heteroatoms. The number of thiazole rings is 1. The van der Waals surface area contributed by atoms with Crippen molar-refractivity contribution in [2.45, 2.75) is 33.2 Å². The highest BCUT2D eigenvalue weighted by Crippen LogP contribution is 2.35. The standard InChI is InChI=1S/C30H32N2O7S/c1-6-10-20-13-18(14-24(27(20)33)39-9-4)15-25-28(34)32-26(21(29(35)36-5)17-31-30(32)40-25)19-11-12-22(37-7-2)23(16-19)38-8-3/h6,11-17,26,33H,1,7-10H2,2-5H3/b25-15-/t26-/m1/s1. The van der Waals surface area contributed by atoms with Gasteiger partial charge in [0.25, 0.3) is 5.56 Å². The fourth-order valence-corrected chi connectivity index (χ4v) is 5.46. The van der Waals surface area contributed by atoms with Crippen molar-refractivity contribution in [3.8, 4) is 23.0 Å². The number of carbonyl (C=O) groups is 1. The van der Waals surface area contributed by atoms with E-state index in [0.717, 1.165) is 0 Å². The lowest BCUT2D eigenvalue weighted by Crippen LogP contribution is -2.39. The van der Waals surface area contributed by atoms with Crippen molar-refractivity contribution in [2.75, 3.05) is 26.9 Å². The largest absolute Gasteiger partial charge is 0.504 e. The molecule has 0 bridgehead atoms. The van der Waals surface area contributed by atoms with Gasteiger partial charge < -0.3 is 24.1 Å². The number of phenolic OH excluding ortho intramolecular Hbond substituents is 1. The van der Waals surface area contributed by atoms with Crippen molar-refractivity contribution < 1.29 is 28.8 Å². The highest BCUT2D eigenvalue weighted by Gasteiger charge is 2.31. The normalized spacial score (nSPS) is 14.6. The maximum absolute atomic E-state index is 13.9. The molecule has 1 aromatic heterocycles. The predicted octanol–water partition coefficient (Wildman–Crippen LogP) is 3.65. The van der Waals surface area contributed by atoms with Crippen LogP contribution in [0.15, 0.2) is 64.5 Å². The van der Waals surface area contributed by atoms with Crippen molar-refractivity contribution >= 4 is 23.4 Å². The van der Waals surface area contributed by atoms with Gasteiger partial charge in [-0.05, 0) is 68.7 Å². The Hall–Kier alpha value is -4.31. The molecule has 1 N–H and O–H groups in total. The van der Waals surface area contributed by atoms with Crippen molar-refractivity contribution in [1.82, 2.24) is 4.57 Å². The molecule has 2 heterocycles. The molecule has 210 valence electrons. The van der Waals surface area contributed by atoms with Crippen LogP contribution in [0.2, 0.25) is 0 Å². The molecule has 0 amide bonds. The molecule has 0 saturated heterocycles. The molecule has 2 aromatic carbocycles. The average molecular weight is 565 g/mol. The number of carbonyl (C=O) groups excluding carboxylic acids is 1. The molecule has 9 nitrogen and oxygen atoms in total. The summed E-state index contributed by atoms with van der Waals surface area (Å²) in [5.41, 5.74) is 1.83. The summed E-state index contributed by atoms with van der Waals surface area (Å²) in [6.45, 7) is 10.6. The number of fused-ring (bicyclic) bond motifs is 1. The van der Waals surface area contributed by atoms with E-state index in [4.69, 9.17) is 18.9 Å². The quantitative estimate of drug-likeness (QED) is 0.280. The SMILES string of the molecule is C=CCc1cc(/C=c2\sc3n(c2=O)[C@H](c2ccc(OCC)c(OCC)c2)C(C(=O)OC)=CN=3)cc(OCC)c1O. The zero-order chi connectivity index (χ0) is 28.8. The Morgan fingerprint density at radius 2 is 1.77 bits per heavy atom. The molecule has 1 aliphatic heterocycles. The summed E-state index contributed by atoms with van der Waals surface area (Å²) in [6.07, 6.45) is 5.28. The topological polar surface area (TPSA) is 109 Å². The second kappa shape index (κ2) is 12.7. The summed E-state index contributed by atoms with van der Waals surface area (Å²) in [6, 6.07) is 8.01. The maximum atomic E-state index is 13.9. The second-order valence-corrected chi connectivity index (χ2v) is 9.71. The highest BCUT2D eigenvalue weighted by molar-refractivity contribution is 7.07. The van der Waals surface area contributed by atoms with Gasteiger partial charge >= 0.3 is 5.97 Å². The molecule has 1 atom stereocenters. The minimum Gasteiger partial charge on any atom is -0.504 e. The molecule has 3 aromatic rings. The Morgan fingerprint density at radius 3 is 2.45 bits per heavy atom. The number of hydrogen-bond donors (Lipinski definition) is 1. The molecule has 0 radical (unpaired) electrons. The third-order valence-corrected chi connectivity index (χ3v) is 7.14. The third-order valence-electron chi connectivity index (χ3n) is 6.15. The average Bonchev–Trinajstić information content (AvgIpc) is 3.26. The number of rotatable bonds is 11. The van der Waals surface area contributed by atoms with Gasteiger partial charge in [-0.1, -0.05) is 23.5 Å². The molecule has 40 heavy (non-hydrogen) atoms. The van der Waals surface area contributed by atoms with Gasteiger partial charge in [-0.25, -0.2) is 9.79 Å². The van der Waals surface area contributed by atoms with Crippen LogP contribution < -0.4 is 29.1 Å². The predicted molar refractivity (Wildman–Crippen MR) is 153 cm³/mol. The Kier molecular flexibility index (Phi) is 9.11. The first-order valence-electron chi connectivity index (χ1n) is 12.9. The molecular formula is C30H32N2O7S. The number of methoxy groups -OCH3 is 1. The van der Waals surface area contributed by atoms with Crippen molar-refractivity contribution in [1.29, 1.82) is 0 Å². The number of aromatic nitrogens is 1. The Labute approximate surface area is 235 Å². The van der Waals surface area contributed by atoms with Crippen LogP contribution in [0.3, 0.4) is 0 Å². The molecule has 0 spiro atoms. The first-order valence-corrected chi connectivity index (χ1v) is 13.8. The Morgan fingerprint density at radius 1 is 1.07 bits per heavy atom. The molecule has 0 aliphatic carbocycles. The summed E-state index contributed by atoms with van der Waals surface area (Å²) < 4.78 is 24.0. The molecule has 4 rings (SSSR count). The van der Waals surface area contributed by atoms with Gasteiger partial charge in [0.1, 0.15) is 0 Å². The first kappa shape index (κ1) is 28.7. The fraction of sp³-hybridized carbons (Fsp3) is 0.300. The van der Waals surface area contributed by atoms with E-state index in [9.17, 15) is 14.7 Å². The number of aromatic hydroxyl groups is 1. The molecule has 0 fully saturated rings. The lowest BCUT2D eigenvalue weighted by molar-refractivity contribution is -0.136. The number of hydrogen-bond acceptors (Lipinski definition) is 9. The summed E-state index contributed by atoms with van der Waals surface area (Å²) in [5.74, 6) is 0.849. The van der Waals surface area contributed by atoms with Crippen molar-refractivity contribution in [2.24, 2.45) is 4.99 Å². The van der Waals surface area contributed by atoms with E-state index < -0.39 is 12.0 Å². The van der Waals surface area contributed by atoms with Crippen LogP contribution in [0, 0.1) is 0 Å². The van der Waals surface area contributed by atoms with Gasteiger partial charge in [0.2, 0.25) is 0 Å². The van der Waals surface area contributed by atoms with Crippen LogP contribution in [0.25, 0.3) is 6.08 Å². The van der Waals surface area contributed by atoms with Crippen LogP contribution in [-0.4, -0.2) is 42.6 Å². The number of ether oxygens (including phenoxy) is 4. The number of phenols is 1. The van der Waals surface area contributed by atoms with Crippen LogP contribution >= 0.6 is 11.3 Å². The van der Waals surface area contributed by atoms with E-state index >= 15 is 0 Å². The third kappa shape index (κ3) is 5.67. The monoisotopic (exact) mass is 564 g/mol. The Balaban J connectivity index is 1.91. The smallest absolute Gasteiger partial charge is 0.337 e. The second-order valence-electron chi connectivity index (χ2n) is 8.70. The minimum absolute atomic E-state index is 0.0451. The fourth-order valence-electron chi connectivity index (χ4n) is 4.49. The maximum Gasteiger partial charge on any atom is 0.337 e. The number of benzene rings is 2. The van der Waals surface area contributed by atoms with E-state index in [1.165, 1.54) is 29.2 Å². The number of esters is 1. The van der Waals surface area contributed by atoms with E-state index in [-0.39, 0.29) is 16.9 Å². The minimum atomic E-state index is -0.795. The van der Waals surface area contributed by atoms with E-state index in [1.807, 2.05) is 20.8 Å². The summed E-state index contributed by atoms with van der Waals surface area (Å²) in [7, 11) is 1.29. The molecule has 0 unspecified atom stereocenters. The highest BCUT2D eigenvalue weighted by atomic mass is 32.1. The van der Waals surface area contributed by atoms with Crippen molar-refractivity contribution in [3.05, 3.63) is 91.1 Å². The number of nitrogens with zero attached hydrogens (tertiary/aromatic N) is 2. The van der Waals surface area contributed by atoms with Gasteiger partial charge in [-0.2, -0.15) is 0 Å². The van der Waals surface area contributed by atoms with E-state index in [0.29, 0.717) is 69.5 Å². The summed E-state index contributed by atoms with van der Waals surface area (Å²) >= 11 is 1.20. The van der Waals surface area contributed by atoms with Crippen LogP contribution in [0.1, 0.15) is 43.5 Å². The lowest BCUT2D eigenvalue weighted by atomic mass is 9.97. The van der Waals surface area contributed by atoms with Gasteiger partial charge in [0, 0.05) is 11.8 Å². The van der Waals surface area contributed by atoms with Gasteiger partial charge in [0.05, 0.1) is 43.1 Å². The van der Waals surface area contributed by atoms with Gasteiger partial charge in [-0.15, -0.1) is 6.58 Å². The zero-order valence-corrected chi connectivity index (χ0v) is 23.7. The summed E-state index contributed by atoms with van der Waals surface area (Å²) in [4.78, 5) is 31.5. The van der Waals surface area contributed by atoms with Crippen LogP contribution in [-0.2, 0) is 16.0 Å². The first-order chi connectivity index (χ1) is 19.4. The lowest BCUT2D eigenvalue weighted by Gasteiger charge is -2.23. The van der Waals surface area contributed by atoms with E-state index in [1.54, 1.807) is 42.5 Å². The zero-order valence-electron chi connectivity index (χ0n) is 22.9. The van der Waals surface area contributed by atoms with E-state index in [2.05, 4.69) is 11.6 Å². The molecular weight excluding hydrogens is 532 g/mol. The molecule has 1 aliphatic rings. The van der Waals surface area contributed by atoms with Gasteiger partial charge in [0.15, 0.2) is 27.8 Å². The van der Waals surface area contributed by atoms with Crippen LogP contribution in [0.5, 0.6) is 23.0 Å². The summed E-state index contributed by atoms with van der Waals surface area (Å²) in [5, 5.41) is 10.6. The van der Waals surface area contributed by atoms with Gasteiger partial charge in [-0.3, -0.25) is 9.36 Å². The van der Waals surface area contributed by atoms with Crippen LogP contribution in [0.4, 0.5) is 0 Å². The van der Waals surface area contributed by atoms with Crippen molar-refractivity contribution in [3.63, 3.8) is 0 Å².